The predicted molar refractivity (Wildman–Crippen MR) is 475 cm³/mol. The first-order valence-electron chi connectivity index (χ1n) is 38.9. The SMILES string of the molecule is CC1(C)c2cc(-c3cccc(-c4ccc(N(c5ccc(-c6ccc(N(c7ccc(-c8ccccc8)cc7)c7cccc8ccccc78)cc6)cc5)c5cccc6ccccc56)cc4)c3)ccc2-c2ccc(N(c3ccccc3)c3ccc4c(c3)C(C)(C)c3cc(N(c5ccccc5)c5cccc6ccccc56)ccc3-4)cc21. The van der Waals surface area contributed by atoms with Gasteiger partial charge in [0.15, 0.2) is 0 Å². The Hall–Kier alpha value is -14.1. The average molecular weight is 1430 g/mol. The first-order valence-corrected chi connectivity index (χ1v) is 38.9. The van der Waals surface area contributed by atoms with Gasteiger partial charge in [-0.3, -0.25) is 0 Å². The van der Waals surface area contributed by atoms with Crippen LogP contribution in [0.1, 0.15) is 49.9 Å². The molecule has 0 amide bonds. The summed E-state index contributed by atoms with van der Waals surface area (Å²) in [6.45, 7) is 9.61. The van der Waals surface area contributed by atoms with Gasteiger partial charge in [-0.15, -0.1) is 0 Å². The van der Waals surface area contributed by atoms with E-state index in [2.05, 4.69) is 460 Å². The molecule has 0 bridgehead atoms. The van der Waals surface area contributed by atoms with E-state index in [0.29, 0.717) is 0 Å². The summed E-state index contributed by atoms with van der Waals surface area (Å²) < 4.78 is 0. The van der Waals surface area contributed by atoms with Crippen LogP contribution in [0.5, 0.6) is 0 Å². The number of rotatable bonds is 16. The molecule has 20 rings (SSSR count). The van der Waals surface area contributed by atoms with Crippen molar-refractivity contribution in [3.05, 3.63) is 435 Å². The minimum Gasteiger partial charge on any atom is -0.310 e. The topological polar surface area (TPSA) is 13.0 Å². The molecule has 2 aliphatic carbocycles. The molecule has 0 spiro atoms. The van der Waals surface area contributed by atoms with Crippen LogP contribution in [-0.2, 0) is 10.8 Å². The van der Waals surface area contributed by atoms with Crippen LogP contribution in [0.2, 0.25) is 0 Å². The molecule has 18 aromatic rings. The molecule has 0 atom stereocenters. The predicted octanol–water partition coefficient (Wildman–Crippen LogP) is 30.3. The van der Waals surface area contributed by atoms with Crippen molar-refractivity contribution in [3.63, 3.8) is 0 Å². The molecular formula is C108H80N4. The molecule has 4 heteroatoms. The van der Waals surface area contributed by atoms with Gasteiger partial charge in [-0.05, 0) is 245 Å². The first kappa shape index (κ1) is 67.3. The molecule has 0 heterocycles. The van der Waals surface area contributed by atoms with Crippen molar-refractivity contribution in [2.24, 2.45) is 0 Å². The maximum absolute atomic E-state index is 2.46. The lowest BCUT2D eigenvalue weighted by Gasteiger charge is -2.30. The molecule has 112 heavy (non-hydrogen) atoms. The lowest BCUT2D eigenvalue weighted by Crippen LogP contribution is -2.18. The van der Waals surface area contributed by atoms with Gasteiger partial charge in [0, 0.05) is 78.2 Å². The van der Waals surface area contributed by atoms with Gasteiger partial charge in [-0.1, -0.05) is 301 Å². The highest BCUT2D eigenvalue weighted by molar-refractivity contribution is 6.03. The molecule has 0 saturated heterocycles. The highest BCUT2D eigenvalue weighted by atomic mass is 15.2. The molecule has 0 saturated carbocycles. The smallest absolute Gasteiger partial charge is 0.0540 e. The summed E-state index contributed by atoms with van der Waals surface area (Å²) in [6.07, 6.45) is 0. The molecule has 0 unspecified atom stereocenters. The van der Waals surface area contributed by atoms with Crippen LogP contribution >= 0.6 is 0 Å². The Balaban J connectivity index is 0.578. The Morgan fingerprint density at radius 1 is 0.161 bits per heavy atom. The van der Waals surface area contributed by atoms with Crippen molar-refractivity contribution in [2.45, 2.75) is 38.5 Å². The fourth-order valence-corrected chi connectivity index (χ4v) is 17.8. The van der Waals surface area contributed by atoms with E-state index in [1.807, 2.05) is 0 Å². The van der Waals surface area contributed by atoms with Crippen LogP contribution in [0.25, 0.3) is 99.1 Å². The summed E-state index contributed by atoms with van der Waals surface area (Å²) in [6, 6.07) is 152. The largest absolute Gasteiger partial charge is 0.310 e. The molecule has 0 fully saturated rings. The number of fused-ring (bicyclic) bond motifs is 9. The van der Waals surface area contributed by atoms with Crippen LogP contribution < -0.4 is 19.6 Å². The Kier molecular flexibility index (Phi) is 16.6. The minimum absolute atomic E-state index is 0.285. The van der Waals surface area contributed by atoms with Gasteiger partial charge >= 0.3 is 0 Å². The van der Waals surface area contributed by atoms with Crippen LogP contribution in [0.4, 0.5) is 68.2 Å². The van der Waals surface area contributed by atoms with Crippen LogP contribution in [0, 0.1) is 0 Å². The molecule has 532 valence electrons. The second-order valence-corrected chi connectivity index (χ2v) is 30.8. The van der Waals surface area contributed by atoms with Crippen LogP contribution in [-0.4, -0.2) is 0 Å². The van der Waals surface area contributed by atoms with Crippen molar-refractivity contribution in [1.82, 2.24) is 0 Å². The Bertz CT molecular complexity index is 6590. The third-order valence-corrected chi connectivity index (χ3v) is 23.6. The number of para-hydroxylation sites is 2. The van der Waals surface area contributed by atoms with Crippen molar-refractivity contribution >= 4 is 101 Å². The zero-order valence-corrected chi connectivity index (χ0v) is 63.0. The zero-order valence-electron chi connectivity index (χ0n) is 63.0. The van der Waals surface area contributed by atoms with Crippen LogP contribution in [0.15, 0.2) is 413 Å². The third-order valence-electron chi connectivity index (χ3n) is 23.6. The van der Waals surface area contributed by atoms with Crippen molar-refractivity contribution in [3.8, 4) is 66.8 Å². The van der Waals surface area contributed by atoms with E-state index in [1.54, 1.807) is 0 Å². The van der Waals surface area contributed by atoms with Crippen molar-refractivity contribution in [1.29, 1.82) is 0 Å². The van der Waals surface area contributed by atoms with Crippen LogP contribution in [0.3, 0.4) is 0 Å². The van der Waals surface area contributed by atoms with E-state index in [0.717, 1.165) is 84.9 Å². The second kappa shape index (κ2) is 27.6. The van der Waals surface area contributed by atoms with Gasteiger partial charge in [0.1, 0.15) is 0 Å². The number of anilines is 12. The maximum Gasteiger partial charge on any atom is 0.0540 e. The molecular weight excluding hydrogens is 1350 g/mol. The third kappa shape index (κ3) is 11.8. The fraction of sp³-hybridized carbons (Fsp3) is 0.0556. The molecule has 0 N–H and O–H groups in total. The Morgan fingerprint density at radius 2 is 0.393 bits per heavy atom. The quantitative estimate of drug-likeness (QED) is 0.0956. The van der Waals surface area contributed by atoms with E-state index in [1.165, 1.54) is 105 Å². The summed E-state index contributed by atoms with van der Waals surface area (Å²) in [7, 11) is 0. The summed E-state index contributed by atoms with van der Waals surface area (Å²) in [5.41, 5.74) is 32.7. The zero-order chi connectivity index (χ0) is 75.0. The maximum atomic E-state index is 2.46. The van der Waals surface area contributed by atoms with Gasteiger partial charge in [0.05, 0.1) is 17.1 Å². The second-order valence-electron chi connectivity index (χ2n) is 30.8. The molecule has 2 aliphatic rings. The number of hydrogen-bond donors (Lipinski definition) is 0. The van der Waals surface area contributed by atoms with Gasteiger partial charge < -0.3 is 19.6 Å². The highest BCUT2D eigenvalue weighted by Crippen LogP contribution is 2.56. The van der Waals surface area contributed by atoms with Crippen molar-refractivity contribution < 1.29 is 0 Å². The molecule has 4 nitrogen and oxygen atoms in total. The van der Waals surface area contributed by atoms with E-state index >= 15 is 0 Å². The Labute approximate surface area is 655 Å². The number of hydrogen-bond acceptors (Lipinski definition) is 4. The van der Waals surface area contributed by atoms with Gasteiger partial charge in [0.25, 0.3) is 0 Å². The summed E-state index contributed by atoms with van der Waals surface area (Å²) in [4.78, 5) is 9.67. The fourth-order valence-electron chi connectivity index (χ4n) is 17.8. The number of nitrogens with zero attached hydrogens (tertiary/aromatic N) is 4. The standard InChI is InChI=1S/C108H80N4/c1-107(2)100-69-83(52-64-96(100)97-65-61-90(70-101(97)107)109(84-34-10-6-11-35-84)91-62-66-98-99-67-63-92(72-103(99)108(3,4)102(98)71-91)112(85-36-12-7-13-37-85)106-43-23-31-80-28-16-19-40-95(80)106)82-33-20-32-81(68-82)77-50-59-89(60-51-77)111(105-42-22-30-79-27-15-18-39-94(79)105)88-57-48-76(49-58-88)75-46-55-87(56-47-75)110(104-41-21-29-78-26-14-17-38-93(78)104)86-53-44-74(45-54-86)73-24-8-5-9-25-73/h5-72H,1-4H3. The molecule has 0 aliphatic heterocycles. The highest BCUT2D eigenvalue weighted by Gasteiger charge is 2.39. The van der Waals surface area contributed by atoms with Gasteiger partial charge in [-0.2, -0.15) is 0 Å². The van der Waals surface area contributed by atoms with Gasteiger partial charge in [0.2, 0.25) is 0 Å². The summed E-state index contributed by atoms with van der Waals surface area (Å²) in [5, 5.41) is 7.23. The summed E-state index contributed by atoms with van der Waals surface area (Å²) in [5.74, 6) is 0. The van der Waals surface area contributed by atoms with Gasteiger partial charge in [-0.25, -0.2) is 0 Å². The summed E-state index contributed by atoms with van der Waals surface area (Å²) >= 11 is 0. The molecule has 0 aromatic heterocycles. The first-order chi connectivity index (χ1) is 55.0. The minimum atomic E-state index is -0.290. The lowest BCUT2D eigenvalue weighted by molar-refractivity contribution is 0.660. The number of benzene rings is 18. The lowest BCUT2D eigenvalue weighted by atomic mass is 9.81. The molecule has 0 radical (unpaired) electrons. The van der Waals surface area contributed by atoms with E-state index < -0.39 is 0 Å². The average Bonchev–Trinajstić information content (AvgIpc) is 1.56. The van der Waals surface area contributed by atoms with E-state index in [-0.39, 0.29) is 10.8 Å². The Morgan fingerprint density at radius 3 is 0.786 bits per heavy atom. The van der Waals surface area contributed by atoms with E-state index in [9.17, 15) is 0 Å². The monoisotopic (exact) mass is 1430 g/mol. The normalized spacial score (nSPS) is 12.8. The van der Waals surface area contributed by atoms with E-state index in [4.69, 9.17) is 0 Å². The molecule has 18 aromatic carbocycles. The van der Waals surface area contributed by atoms with Crippen molar-refractivity contribution in [2.75, 3.05) is 19.6 Å².